The zero-order valence-corrected chi connectivity index (χ0v) is 29.5. The molecular formula is C39H42N10O3. The highest BCUT2D eigenvalue weighted by molar-refractivity contribution is 6.01. The van der Waals surface area contributed by atoms with Crippen LogP contribution >= 0.6 is 0 Å². The summed E-state index contributed by atoms with van der Waals surface area (Å²) in [6.45, 7) is 7.42. The zero-order valence-electron chi connectivity index (χ0n) is 29.5. The first-order valence-corrected chi connectivity index (χ1v) is 18.3. The molecule has 4 aliphatic rings. The molecule has 2 amide bonds. The van der Waals surface area contributed by atoms with Crippen molar-refractivity contribution >= 4 is 34.2 Å². The molecule has 1 aromatic carbocycles. The van der Waals surface area contributed by atoms with Gasteiger partial charge < -0.3 is 9.64 Å². The highest BCUT2D eigenvalue weighted by Gasteiger charge is 2.51. The average Bonchev–Trinajstić information content (AvgIpc) is 3.45. The summed E-state index contributed by atoms with van der Waals surface area (Å²) in [5.41, 5.74) is 5.90. The van der Waals surface area contributed by atoms with Crippen molar-refractivity contribution < 1.29 is 14.3 Å². The Kier molecular flexibility index (Phi) is 8.09. The van der Waals surface area contributed by atoms with Gasteiger partial charge >= 0.3 is 0 Å². The van der Waals surface area contributed by atoms with E-state index in [1.54, 1.807) is 11.1 Å². The molecule has 3 aliphatic heterocycles. The summed E-state index contributed by atoms with van der Waals surface area (Å²) < 4.78 is 7.66. The Morgan fingerprint density at radius 1 is 0.981 bits per heavy atom. The normalized spacial score (nSPS) is 20.8. The summed E-state index contributed by atoms with van der Waals surface area (Å²) in [6.07, 6.45) is 10.4. The lowest BCUT2D eigenvalue weighted by Crippen LogP contribution is -2.43. The number of carbonyl (C=O) groups excluding carboxylic acids is 2. The van der Waals surface area contributed by atoms with E-state index in [4.69, 9.17) is 9.72 Å². The topological polar surface area (TPSA) is 138 Å². The number of hydrogen-bond acceptors (Lipinski definition) is 9. The maximum absolute atomic E-state index is 14.0. The summed E-state index contributed by atoms with van der Waals surface area (Å²) in [5.74, 6) is 2.13. The molecule has 0 radical (unpaired) electrons. The van der Waals surface area contributed by atoms with Crippen LogP contribution in [-0.4, -0.2) is 102 Å². The van der Waals surface area contributed by atoms with Gasteiger partial charge in [0.25, 0.3) is 0 Å². The Morgan fingerprint density at radius 3 is 2.54 bits per heavy atom. The van der Waals surface area contributed by atoms with Gasteiger partial charge in [-0.3, -0.25) is 24.5 Å². The third-order valence-electron chi connectivity index (χ3n) is 10.8. The van der Waals surface area contributed by atoms with Crippen LogP contribution in [0.2, 0.25) is 0 Å². The van der Waals surface area contributed by atoms with Gasteiger partial charge in [0.2, 0.25) is 17.7 Å². The molecule has 0 bridgehead atoms. The standard InChI is InChI=1S/C39H42N10O3/c1-25(2)52-33-12-7-29(21-40-33)35-36-31(43-44-35)10-11-32(42-36)48-20-16-39(38(48)51)15-19-46(23-39)22-34(50)47-17-13-27(14-18-47)26-3-5-28(6-4-26)37-41-24-49(45-37)30-8-9-30/h3-7,10-13,21,24-25,30H,8-9,14-20,22-23H2,1-2H3,(H,43,44). The van der Waals surface area contributed by atoms with Crippen molar-refractivity contribution in [2.24, 2.45) is 5.41 Å². The van der Waals surface area contributed by atoms with Crippen LogP contribution in [0.4, 0.5) is 5.82 Å². The number of amides is 2. The first-order valence-electron chi connectivity index (χ1n) is 18.3. The van der Waals surface area contributed by atoms with Crippen LogP contribution in [0.3, 0.4) is 0 Å². The van der Waals surface area contributed by atoms with Crippen molar-refractivity contribution in [2.75, 3.05) is 44.2 Å². The predicted octanol–water partition coefficient (Wildman–Crippen LogP) is 5.15. The van der Waals surface area contributed by atoms with Gasteiger partial charge in [0, 0.05) is 49.6 Å². The number of H-pyrrole nitrogens is 1. The SMILES string of the molecule is CC(C)Oc1ccc(-c2n[nH]c3ccc(N4CCC5(CCN(CC(=O)N6CC=C(c7ccc(-c8ncn(C9CC9)n8)cc7)CC6)C5)C4=O)nc23)cn1. The highest BCUT2D eigenvalue weighted by Crippen LogP contribution is 2.42. The van der Waals surface area contributed by atoms with Crippen LogP contribution in [0.1, 0.15) is 57.6 Å². The lowest BCUT2D eigenvalue weighted by atomic mass is 9.85. The molecule has 13 nitrogen and oxygen atoms in total. The van der Waals surface area contributed by atoms with Gasteiger partial charge in [-0.05, 0) is 81.8 Å². The van der Waals surface area contributed by atoms with E-state index < -0.39 is 5.41 Å². The summed E-state index contributed by atoms with van der Waals surface area (Å²) in [6, 6.07) is 16.5. The minimum absolute atomic E-state index is 0.0335. The molecule has 1 atom stereocenters. The summed E-state index contributed by atoms with van der Waals surface area (Å²) in [7, 11) is 0. The number of anilines is 1. The molecule has 2 saturated heterocycles. The fraction of sp³-hybridized carbons (Fsp3) is 0.410. The molecule has 1 aliphatic carbocycles. The Balaban J connectivity index is 0.813. The van der Waals surface area contributed by atoms with Gasteiger partial charge in [0.15, 0.2) is 5.82 Å². The van der Waals surface area contributed by atoms with Crippen molar-refractivity contribution in [3.8, 4) is 28.5 Å². The van der Waals surface area contributed by atoms with E-state index in [9.17, 15) is 9.59 Å². The second-order valence-electron chi connectivity index (χ2n) is 14.8. The highest BCUT2D eigenvalue weighted by atomic mass is 16.5. The van der Waals surface area contributed by atoms with Crippen LogP contribution in [0.5, 0.6) is 5.88 Å². The van der Waals surface area contributed by atoms with Gasteiger partial charge in [-0.1, -0.05) is 30.3 Å². The number of benzene rings is 1. The molecule has 9 rings (SSSR count). The van der Waals surface area contributed by atoms with E-state index >= 15 is 0 Å². The molecule has 5 aromatic rings. The number of pyridine rings is 2. The Hall–Kier alpha value is -5.43. The maximum atomic E-state index is 14.0. The van der Waals surface area contributed by atoms with Crippen molar-refractivity contribution in [1.29, 1.82) is 0 Å². The van der Waals surface area contributed by atoms with E-state index in [1.165, 1.54) is 24.0 Å². The van der Waals surface area contributed by atoms with Gasteiger partial charge in [0.1, 0.15) is 23.4 Å². The molecule has 1 saturated carbocycles. The number of rotatable bonds is 9. The summed E-state index contributed by atoms with van der Waals surface area (Å²) in [5, 5.41) is 12.2. The minimum atomic E-state index is -0.501. The first kappa shape index (κ1) is 32.5. The molecule has 1 spiro atoms. The predicted molar refractivity (Wildman–Crippen MR) is 196 cm³/mol. The Morgan fingerprint density at radius 2 is 1.79 bits per heavy atom. The third-order valence-corrected chi connectivity index (χ3v) is 10.8. The van der Waals surface area contributed by atoms with Crippen LogP contribution in [0, 0.1) is 5.41 Å². The van der Waals surface area contributed by atoms with Crippen molar-refractivity contribution in [1.82, 2.24) is 44.7 Å². The minimum Gasteiger partial charge on any atom is -0.475 e. The molecular weight excluding hydrogens is 656 g/mol. The number of hydrogen-bond donors (Lipinski definition) is 1. The number of nitrogens with one attached hydrogen (secondary N) is 1. The smallest absolute Gasteiger partial charge is 0.237 e. The van der Waals surface area contributed by atoms with Crippen LogP contribution < -0.4 is 9.64 Å². The van der Waals surface area contributed by atoms with Crippen LogP contribution in [0.25, 0.3) is 39.3 Å². The largest absolute Gasteiger partial charge is 0.475 e. The fourth-order valence-electron chi connectivity index (χ4n) is 7.79. The average molecular weight is 699 g/mol. The molecule has 7 heterocycles. The first-order chi connectivity index (χ1) is 25.3. The van der Waals surface area contributed by atoms with Crippen molar-refractivity contribution in [2.45, 2.75) is 58.1 Å². The number of ether oxygens (including phenoxy) is 1. The second kappa shape index (κ2) is 13.0. The Labute approximate surface area is 301 Å². The molecule has 52 heavy (non-hydrogen) atoms. The maximum Gasteiger partial charge on any atom is 0.237 e. The number of fused-ring (bicyclic) bond motifs is 1. The van der Waals surface area contributed by atoms with Gasteiger partial charge in [-0.2, -0.15) is 10.2 Å². The van der Waals surface area contributed by atoms with Gasteiger partial charge in [0.05, 0.1) is 29.6 Å². The number of aromatic nitrogens is 7. The monoisotopic (exact) mass is 698 g/mol. The quantitative estimate of drug-likeness (QED) is 0.222. The number of aromatic amines is 1. The number of nitrogens with zero attached hydrogens (tertiary/aromatic N) is 9. The summed E-state index contributed by atoms with van der Waals surface area (Å²) >= 11 is 0. The van der Waals surface area contributed by atoms with Crippen LogP contribution in [0.15, 0.2) is 67.1 Å². The molecule has 3 fully saturated rings. The van der Waals surface area contributed by atoms with Gasteiger partial charge in [-0.25, -0.2) is 19.6 Å². The molecule has 1 N–H and O–H groups in total. The van der Waals surface area contributed by atoms with E-state index in [0.29, 0.717) is 61.7 Å². The van der Waals surface area contributed by atoms with Crippen molar-refractivity contribution in [3.05, 3.63) is 72.7 Å². The molecule has 266 valence electrons. The second-order valence-corrected chi connectivity index (χ2v) is 14.8. The molecule has 13 heteroatoms. The third kappa shape index (κ3) is 6.12. The van der Waals surface area contributed by atoms with E-state index in [-0.39, 0.29) is 17.9 Å². The lowest BCUT2D eigenvalue weighted by Gasteiger charge is -2.29. The van der Waals surface area contributed by atoms with E-state index in [0.717, 1.165) is 48.3 Å². The lowest BCUT2D eigenvalue weighted by molar-refractivity contribution is -0.132. The van der Waals surface area contributed by atoms with Crippen molar-refractivity contribution in [3.63, 3.8) is 0 Å². The van der Waals surface area contributed by atoms with Crippen LogP contribution in [-0.2, 0) is 9.59 Å². The molecule has 1 unspecified atom stereocenters. The van der Waals surface area contributed by atoms with E-state index in [1.807, 2.05) is 54.0 Å². The van der Waals surface area contributed by atoms with Gasteiger partial charge in [-0.15, -0.1) is 0 Å². The number of likely N-dealkylation sites (tertiary alicyclic amines) is 1. The number of carbonyl (C=O) groups is 2. The Bertz CT molecular complexity index is 2170. The molecule has 4 aromatic heterocycles. The zero-order chi connectivity index (χ0) is 35.4. The summed E-state index contributed by atoms with van der Waals surface area (Å²) in [4.78, 5) is 47.2. The fourth-order valence-corrected chi connectivity index (χ4v) is 7.79. The van der Waals surface area contributed by atoms with E-state index in [2.05, 4.69) is 60.5 Å².